The third-order valence-corrected chi connectivity index (χ3v) is 5.62. The number of likely N-dealkylation sites (N-methyl/N-ethyl adjacent to an activating group) is 1. The van der Waals surface area contributed by atoms with Gasteiger partial charge in [0.15, 0.2) is 11.5 Å². The molecular weight excluding hydrogens is 345 g/mol. The average Bonchev–Trinajstić information content (AvgIpc) is 3.18. The molecule has 0 aromatic heterocycles. The van der Waals surface area contributed by atoms with Gasteiger partial charge in [0.2, 0.25) is 5.91 Å². The zero-order valence-corrected chi connectivity index (χ0v) is 15.5. The maximum Gasteiger partial charge on any atom is 0.233 e. The Hall–Kier alpha value is -2.56. The predicted molar refractivity (Wildman–Crippen MR) is 100 cm³/mol. The minimum Gasteiger partial charge on any atom is -0.486 e. The fraction of sp³-hybridized carbons (Fsp3) is 0.409. The maximum atomic E-state index is 13.8. The number of carbonyl (C=O) groups is 1. The van der Waals surface area contributed by atoms with Crippen LogP contribution in [0.25, 0.3) is 0 Å². The Morgan fingerprint density at radius 1 is 1.07 bits per heavy atom. The molecule has 2 aromatic rings. The summed E-state index contributed by atoms with van der Waals surface area (Å²) in [5.41, 5.74) is 1.16. The van der Waals surface area contributed by atoms with Gasteiger partial charge in [0, 0.05) is 13.6 Å². The summed E-state index contributed by atoms with van der Waals surface area (Å²) in [5.74, 6) is 1.23. The normalized spacial score (nSPS) is 17.6. The highest BCUT2D eigenvalue weighted by Gasteiger charge is 2.44. The first-order valence-electron chi connectivity index (χ1n) is 9.49. The lowest BCUT2D eigenvalue weighted by Gasteiger charge is -2.33. The van der Waals surface area contributed by atoms with Crippen molar-refractivity contribution in [2.24, 2.45) is 0 Å². The van der Waals surface area contributed by atoms with Crippen LogP contribution in [0.15, 0.2) is 42.5 Å². The van der Waals surface area contributed by atoms with Crippen molar-refractivity contribution in [2.75, 3.05) is 20.3 Å². The van der Waals surface area contributed by atoms with E-state index >= 15 is 0 Å². The Kier molecular flexibility index (Phi) is 4.77. The van der Waals surface area contributed by atoms with E-state index in [4.69, 9.17) is 9.47 Å². The first-order valence-corrected chi connectivity index (χ1v) is 9.49. The van der Waals surface area contributed by atoms with Gasteiger partial charge in [-0.1, -0.05) is 31.0 Å². The molecule has 0 N–H and O–H groups in total. The molecule has 1 aliphatic carbocycles. The molecule has 1 aliphatic heterocycles. The number of benzene rings is 2. The van der Waals surface area contributed by atoms with Crippen LogP contribution in [0, 0.1) is 5.82 Å². The third-order valence-electron chi connectivity index (χ3n) is 5.62. The third kappa shape index (κ3) is 3.38. The van der Waals surface area contributed by atoms with Crippen molar-refractivity contribution in [3.8, 4) is 11.5 Å². The molecule has 0 bridgehead atoms. The van der Waals surface area contributed by atoms with Gasteiger partial charge in [-0.25, -0.2) is 4.39 Å². The van der Waals surface area contributed by atoms with Crippen molar-refractivity contribution < 1.29 is 18.7 Å². The van der Waals surface area contributed by atoms with Crippen molar-refractivity contribution in [1.29, 1.82) is 0 Å². The summed E-state index contributed by atoms with van der Waals surface area (Å²) >= 11 is 0. The lowest BCUT2D eigenvalue weighted by molar-refractivity contribution is -0.136. The van der Waals surface area contributed by atoms with Gasteiger partial charge in [-0.3, -0.25) is 4.79 Å². The Morgan fingerprint density at radius 3 is 2.56 bits per heavy atom. The topological polar surface area (TPSA) is 38.8 Å². The Balaban J connectivity index is 1.57. The quantitative estimate of drug-likeness (QED) is 0.816. The van der Waals surface area contributed by atoms with E-state index in [1.165, 1.54) is 12.1 Å². The van der Waals surface area contributed by atoms with Crippen molar-refractivity contribution in [2.45, 2.75) is 37.6 Å². The molecule has 4 nitrogen and oxygen atoms in total. The number of halogens is 1. The largest absolute Gasteiger partial charge is 0.486 e. The Bertz CT molecular complexity index is 845. The lowest BCUT2D eigenvalue weighted by Crippen LogP contribution is -2.43. The summed E-state index contributed by atoms with van der Waals surface area (Å²) in [7, 11) is 1.82. The smallest absolute Gasteiger partial charge is 0.233 e. The number of amides is 1. The molecule has 2 aliphatic rings. The molecule has 0 saturated heterocycles. The summed E-state index contributed by atoms with van der Waals surface area (Å²) in [6.07, 6.45) is 3.50. The van der Waals surface area contributed by atoms with E-state index in [0.29, 0.717) is 19.8 Å². The van der Waals surface area contributed by atoms with Crippen LogP contribution >= 0.6 is 0 Å². The molecular formula is C22H24FNO3. The molecule has 1 heterocycles. The number of hydrogen-bond donors (Lipinski definition) is 0. The van der Waals surface area contributed by atoms with Crippen LogP contribution in [0.1, 0.15) is 36.8 Å². The second-order valence-corrected chi connectivity index (χ2v) is 7.44. The summed E-state index contributed by atoms with van der Waals surface area (Å²) in [6.45, 7) is 1.57. The number of nitrogens with zero attached hydrogens (tertiary/aromatic N) is 1. The molecule has 0 spiro atoms. The van der Waals surface area contributed by atoms with E-state index in [1.807, 2.05) is 31.3 Å². The van der Waals surface area contributed by atoms with Gasteiger partial charge < -0.3 is 14.4 Å². The molecule has 1 amide bonds. The number of carbonyl (C=O) groups excluding carboxylic acids is 1. The highest BCUT2D eigenvalue weighted by atomic mass is 19.1. The van der Waals surface area contributed by atoms with Gasteiger partial charge >= 0.3 is 0 Å². The van der Waals surface area contributed by atoms with E-state index < -0.39 is 5.41 Å². The van der Waals surface area contributed by atoms with Gasteiger partial charge in [-0.05, 0) is 48.2 Å². The van der Waals surface area contributed by atoms with E-state index in [0.717, 1.165) is 48.3 Å². The van der Waals surface area contributed by atoms with E-state index in [1.54, 1.807) is 11.0 Å². The summed E-state index contributed by atoms with van der Waals surface area (Å²) in [6, 6.07) is 12.3. The van der Waals surface area contributed by atoms with Crippen LogP contribution in [-0.2, 0) is 16.8 Å². The SMILES string of the molecule is CN(Cc1ccc2c(c1)OCCO2)C(=O)C1(c2cccc(F)c2)CCCC1. The molecule has 1 saturated carbocycles. The lowest BCUT2D eigenvalue weighted by atomic mass is 9.77. The van der Waals surface area contributed by atoms with Crippen LogP contribution in [0.3, 0.4) is 0 Å². The summed E-state index contributed by atoms with van der Waals surface area (Å²) in [4.78, 5) is 15.2. The van der Waals surface area contributed by atoms with Gasteiger partial charge in [0.1, 0.15) is 19.0 Å². The zero-order valence-electron chi connectivity index (χ0n) is 15.5. The summed E-state index contributed by atoms with van der Waals surface area (Å²) < 4.78 is 25.0. The Morgan fingerprint density at radius 2 is 1.81 bits per heavy atom. The van der Waals surface area contributed by atoms with E-state index in [-0.39, 0.29) is 11.7 Å². The van der Waals surface area contributed by atoms with E-state index in [2.05, 4.69) is 0 Å². The van der Waals surface area contributed by atoms with Gasteiger partial charge in [-0.15, -0.1) is 0 Å². The van der Waals surface area contributed by atoms with Crippen LogP contribution in [-0.4, -0.2) is 31.1 Å². The highest BCUT2D eigenvalue weighted by molar-refractivity contribution is 5.88. The van der Waals surface area contributed by atoms with Gasteiger partial charge in [0.05, 0.1) is 5.41 Å². The molecule has 1 fully saturated rings. The van der Waals surface area contributed by atoms with Crippen LogP contribution < -0.4 is 9.47 Å². The molecule has 4 rings (SSSR count). The fourth-order valence-electron chi connectivity index (χ4n) is 4.29. The van der Waals surface area contributed by atoms with E-state index in [9.17, 15) is 9.18 Å². The fourth-order valence-corrected chi connectivity index (χ4v) is 4.29. The van der Waals surface area contributed by atoms with Crippen LogP contribution in [0.4, 0.5) is 4.39 Å². The van der Waals surface area contributed by atoms with Crippen LogP contribution in [0.2, 0.25) is 0 Å². The first kappa shape index (κ1) is 17.8. The molecule has 142 valence electrons. The number of ether oxygens (including phenoxy) is 2. The molecule has 0 atom stereocenters. The molecule has 0 radical (unpaired) electrons. The number of fused-ring (bicyclic) bond motifs is 1. The predicted octanol–water partition coefficient (Wildman–Crippen LogP) is 4.07. The second-order valence-electron chi connectivity index (χ2n) is 7.44. The minimum atomic E-state index is -0.620. The monoisotopic (exact) mass is 369 g/mol. The van der Waals surface area contributed by atoms with Crippen molar-refractivity contribution in [1.82, 2.24) is 4.90 Å². The molecule has 0 unspecified atom stereocenters. The maximum absolute atomic E-state index is 13.8. The summed E-state index contributed by atoms with van der Waals surface area (Å²) in [5, 5.41) is 0. The number of rotatable bonds is 4. The van der Waals surface area contributed by atoms with Crippen molar-refractivity contribution in [3.05, 3.63) is 59.4 Å². The average molecular weight is 369 g/mol. The van der Waals surface area contributed by atoms with Gasteiger partial charge in [0.25, 0.3) is 0 Å². The van der Waals surface area contributed by atoms with Gasteiger partial charge in [-0.2, -0.15) is 0 Å². The zero-order chi connectivity index (χ0) is 18.9. The minimum absolute atomic E-state index is 0.0560. The molecule has 27 heavy (non-hydrogen) atoms. The van der Waals surface area contributed by atoms with Crippen LogP contribution in [0.5, 0.6) is 11.5 Å². The standard InChI is InChI=1S/C22H24FNO3/c1-24(15-16-7-8-19-20(13-16)27-12-11-26-19)21(25)22(9-2-3-10-22)17-5-4-6-18(23)14-17/h4-8,13-14H,2-3,9-12,15H2,1H3. The number of hydrogen-bond acceptors (Lipinski definition) is 3. The van der Waals surface area contributed by atoms with Crippen molar-refractivity contribution in [3.63, 3.8) is 0 Å². The first-order chi connectivity index (χ1) is 13.1. The molecule has 5 heteroatoms. The second kappa shape index (κ2) is 7.22. The molecule has 2 aromatic carbocycles. The highest BCUT2D eigenvalue weighted by Crippen LogP contribution is 2.43. The Labute approximate surface area is 158 Å². The van der Waals surface area contributed by atoms with Crippen molar-refractivity contribution >= 4 is 5.91 Å².